The number of piperazine rings is 1. The van der Waals surface area contributed by atoms with E-state index < -0.39 is 0 Å². The Morgan fingerprint density at radius 1 is 1.00 bits per heavy atom. The number of benzene rings is 2. The van der Waals surface area contributed by atoms with Gasteiger partial charge < -0.3 is 4.90 Å². The molecule has 1 saturated heterocycles. The van der Waals surface area contributed by atoms with Gasteiger partial charge in [-0.25, -0.2) is 4.39 Å². The highest BCUT2D eigenvalue weighted by molar-refractivity contribution is 5.82. The summed E-state index contributed by atoms with van der Waals surface area (Å²) in [6.07, 6.45) is 2.74. The molecule has 0 N–H and O–H groups in total. The Balaban J connectivity index is 1.25. The lowest BCUT2D eigenvalue weighted by Gasteiger charge is -2.36. The lowest BCUT2D eigenvalue weighted by molar-refractivity contribution is -0.118. The van der Waals surface area contributed by atoms with Crippen LogP contribution in [0.1, 0.15) is 12.0 Å². The van der Waals surface area contributed by atoms with Gasteiger partial charge in [-0.3, -0.25) is 14.7 Å². The maximum absolute atomic E-state index is 12.9. The number of fused-ring (bicyclic) bond motifs is 1. The molecule has 0 unspecified atom stereocenters. The standard InChI is InChI=1S/C23H24FN3O/c24-20-5-3-18(4-6-20)16-22(28)9-11-26-12-14-27(15-13-26)21-7-8-23-19(17-21)2-1-10-25-23/h1-8,10,17H,9,11-16H2. The van der Waals surface area contributed by atoms with Crippen molar-refractivity contribution >= 4 is 22.4 Å². The zero-order chi connectivity index (χ0) is 19.3. The molecule has 0 atom stereocenters. The third-order valence-electron chi connectivity index (χ3n) is 5.35. The normalized spacial score (nSPS) is 15.1. The van der Waals surface area contributed by atoms with Crippen molar-refractivity contribution in [3.8, 4) is 0 Å². The van der Waals surface area contributed by atoms with Crippen molar-refractivity contribution in [3.63, 3.8) is 0 Å². The van der Waals surface area contributed by atoms with E-state index in [1.54, 1.807) is 12.1 Å². The number of rotatable bonds is 6. The average Bonchev–Trinajstić information content (AvgIpc) is 2.74. The van der Waals surface area contributed by atoms with Gasteiger partial charge in [0.05, 0.1) is 5.52 Å². The van der Waals surface area contributed by atoms with E-state index in [2.05, 4.69) is 39.0 Å². The van der Waals surface area contributed by atoms with Gasteiger partial charge in [0, 0.05) is 62.8 Å². The van der Waals surface area contributed by atoms with Crippen LogP contribution < -0.4 is 4.90 Å². The van der Waals surface area contributed by atoms with Crippen molar-refractivity contribution in [3.05, 3.63) is 72.2 Å². The Hall–Kier alpha value is -2.79. The van der Waals surface area contributed by atoms with Crippen molar-refractivity contribution < 1.29 is 9.18 Å². The van der Waals surface area contributed by atoms with Gasteiger partial charge in [-0.2, -0.15) is 0 Å². The smallest absolute Gasteiger partial charge is 0.138 e. The molecule has 0 radical (unpaired) electrons. The highest BCUT2D eigenvalue weighted by Crippen LogP contribution is 2.22. The van der Waals surface area contributed by atoms with Gasteiger partial charge in [-0.05, 0) is 42.0 Å². The molecule has 2 heterocycles. The lowest BCUT2D eigenvalue weighted by atomic mass is 10.1. The number of anilines is 1. The summed E-state index contributed by atoms with van der Waals surface area (Å²) in [5, 5.41) is 1.16. The van der Waals surface area contributed by atoms with E-state index in [9.17, 15) is 9.18 Å². The molecule has 4 nitrogen and oxygen atoms in total. The fourth-order valence-electron chi connectivity index (χ4n) is 3.69. The Kier molecular flexibility index (Phi) is 5.63. The molecule has 0 spiro atoms. The van der Waals surface area contributed by atoms with E-state index in [1.165, 1.54) is 17.8 Å². The number of carbonyl (C=O) groups excluding carboxylic acids is 1. The molecule has 5 heteroatoms. The molecular weight excluding hydrogens is 353 g/mol. The highest BCUT2D eigenvalue weighted by Gasteiger charge is 2.18. The molecule has 144 valence electrons. The SMILES string of the molecule is O=C(CCN1CCN(c2ccc3ncccc3c2)CC1)Cc1ccc(F)cc1. The van der Waals surface area contributed by atoms with Crippen LogP contribution in [0, 0.1) is 5.82 Å². The van der Waals surface area contributed by atoms with Crippen molar-refractivity contribution in [1.29, 1.82) is 0 Å². The minimum absolute atomic E-state index is 0.205. The van der Waals surface area contributed by atoms with Crippen LogP contribution in [-0.2, 0) is 11.2 Å². The summed E-state index contributed by atoms with van der Waals surface area (Å²) in [4.78, 5) is 21.3. The van der Waals surface area contributed by atoms with Gasteiger partial charge in [-0.15, -0.1) is 0 Å². The first kappa shape index (κ1) is 18.6. The summed E-state index contributed by atoms with van der Waals surface area (Å²) >= 11 is 0. The number of pyridine rings is 1. The molecule has 2 aromatic carbocycles. The summed E-state index contributed by atoms with van der Waals surface area (Å²) in [5.74, 6) is -0.0622. The number of nitrogens with zero attached hydrogens (tertiary/aromatic N) is 3. The number of hydrogen-bond acceptors (Lipinski definition) is 4. The monoisotopic (exact) mass is 377 g/mol. The van der Waals surface area contributed by atoms with Gasteiger partial charge in [0.2, 0.25) is 0 Å². The Morgan fingerprint density at radius 3 is 2.57 bits per heavy atom. The van der Waals surface area contributed by atoms with Gasteiger partial charge in [-0.1, -0.05) is 18.2 Å². The van der Waals surface area contributed by atoms with Gasteiger partial charge in [0.15, 0.2) is 0 Å². The van der Waals surface area contributed by atoms with E-state index in [4.69, 9.17) is 0 Å². The third-order valence-corrected chi connectivity index (χ3v) is 5.35. The molecule has 1 fully saturated rings. The van der Waals surface area contributed by atoms with Crippen LogP contribution in [0.2, 0.25) is 0 Å². The molecule has 1 aliphatic heterocycles. The molecular formula is C23H24FN3O. The summed E-state index contributed by atoms with van der Waals surface area (Å²) in [7, 11) is 0. The quantitative estimate of drug-likeness (QED) is 0.656. The van der Waals surface area contributed by atoms with Crippen LogP contribution in [0.4, 0.5) is 10.1 Å². The zero-order valence-electron chi connectivity index (χ0n) is 15.9. The van der Waals surface area contributed by atoms with E-state index in [0.29, 0.717) is 12.8 Å². The second-order valence-corrected chi connectivity index (χ2v) is 7.30. The maximum Gasteiger partial charge on any atom is 0.138 e. The van der Waals surface area contributed by atoms with Gasteiger partial charge in [0.25, 0.3) is 0 Å². The van der Waals surface area contributed by atoms with Crippen LogP contribution in [-0.4, -0.2) is 48.4 Å². The molecule has 3 aromatic rings. The van der Waals surface area contributed by atoms with Crippen LogP contribution >= 0.6 is 0 Å². The summed E-state index contributed by atoms with van der Waals surface area (Å²) in [6, 6.07) is 16.7. The zero-order valence-corrected chi connectivity index (χ0v) is 15.9. The fraction of sp³-hybridized carbons (Fsp3) is 0.304. The molecule has 0 amide bonds. The van der Waals surface area contributed by atoms with Crippen molar-refractivity contribution in [2.45, 2.75) is 12.8 Å². The second kappa shape index (κ2) is 8.48. The van der Waals surface area contributed by atoms with E-state index >= 15 is 0 Å². The summed E-state index contributed by atoms with van der Waals surface area (Å²) in [5.41, 5.74) is 3.12. The van der Waals surface area contributed by atoms with Crippen LogP contribution in [0.25, 0.3) is 10.9 Å². The number of halogens is 1. The van der Waals surface area contributed by atoms with E-state index in [0.717, 1.165) is 49.2 Å². The van der Waals surface area contributed by atoms with Crippen molar-refractivity contribution in [2.24, 2.45) is 0 Å². The molecule has 28 heavy (non-hydrogen) atoms. The lowest BCUT2D eigenvalue weighted by Crippen LogP contribution is -2.47. The summed E-state index contributed by atoms with van der Waals surface area (Å²) in [6.45, 7) is 4.61. The topological polar surface area (TPSA) is 36.4 Å². The van der Waals surface area contributed by atoms with Gasteiger partial charge in [0.1, 0.15) is 11.6 Å². The predicted molar refractivity (Wildman–Crippen MR) is 110 cm³/mol. The molecule has 0 aliphatic carbocycles. The number of aromatic nitrogens is 1. The highest BCUT2D eigenvalue weighted by atomic mass is 19.1. The van der Waals surface area contributed by atoms with Gasteiger partial charge >= 0.3 is 0 Å². The first-order valence-corrected chi connectivity index (χ1v) is 9.76. The fourth-order valence-corrected chi connectivity index (χ4v) is 3.69. The third kappa shape index (κ3) is 4.54. The van der Waals surface area contributed by atoms with E-state index in [1.807, 2.05) is 12.3 Å². The predicted octanol–water partition coefficient (Wildman–Crippen LogP) is 3.70. The molecule has 1 aromatic heterocycles. The van der Waals surface area contributed by atoms with Crippen molar-refractivity contribution in [2.75, 3.05) is 37.6 Å². The van der Waals surface area contributed by atoms with Crippen LogP contribution in [0.3, 0.4) is 0 Å². The second-order valence-electron chi connectivity index (χ2n) is 7.30. The van der Waals surface area contributed by atoms with Crippen LogP contribution in [0.5, 0.6) is 0 Å². The van der Waals surface area contributed by atoms with Crippen LogP contribution in [0.15, 0.2) is 60.8 Å². The number of Topliss-reactive ketones (excluding diaryl/α,β-unsaturated/α-hetero) is 1. The summed E-state index contributed by atoms with van der Waals surface area (Å²) < 4.78 is 12.9. The van der Waals surface area contributed by atoms with E-state index in [-0.39, 0.29) is 11.6 Å². The number of hydrogen-bond donors (Lipinski definition) is 0. The molecule has 0 saturated carbocycles. The first-order valence-electron chi connectivity index (χ1n) is 9.76. The Labute approximate surface area is 164 Å². The molecule has 4 rings (SSSR count). The molecule has 1 aliphatic rings. The molecule has 0 bridgehead atoms. The Bertz CT molecular complexity index is 949. The minimum Gasteiger partial charge on any atom is -0.369 e. The maximum atomic E-state index is 12.9. The number of carbonyl (C=O) groups is 1. The Morgan fingerprint density at radius 2 is 1.79 bits per heavy atom. The minimum atomic E-state index is -0.267. The number of ketones is 1. The van der Waals surface area contributed by atoms with Crippen molar-refractivity contribution in [1.82, 2.24) is 9.88 Å². The first-order chi connectivity index (χ1) is 13.7. The average molecular weight is 377 g/mol. The largest absolute Gasteiger partial charge is 0.369 e.